The number of amidine groups is 1. The van der Waals surface area contributed by atoms with Crippen LogP contribution < -0.4 is 15.8 Å². The van der Waals surface area contributed by atoms with Crippen LogP contribution >= 0.6 is 0 Å². The first-order valence-electron chi connectivity index (χ1n) is 6.18. The van der Waals surface area contributed by atoms with Crippen molar-refractivity contribution >= 4 is 11.7 Å². The summed E-state index contributed by atoms with van der Waals surface area (Å²) in [6.07, 6.45) is 1.80. The van der Waals surface area contributed by atoms with E-state index in [1.54, 1.807) is 0 Å². The molecule has 0 spiro atoms. The van der Waals surface area contributed by atoms with E-state index in [4.69, 9.17) is 15.7 Å². The van der Waals surface area contributed by atoms with Crippen LogP contribution in [-0.4, -0.2) is 30.1 Å². The summed E-state index contributed by atoms with van der Waals surface area (Å²) in [7, 11) is 1.35. The molecule has 0 heterocycles. The quantitative estimate of drug-likeness (QED) is 0.326. The SMILES string of the molecule is COc1ccc(C(=O)NC(C(N)=NO)C2CC2)cc1F. The standard InChI is InChI=1S/C13H16FN3O3/c1-20-10-5-4-8(6-9(10)14)13(18)16-11(7-2-3-7)12(15)17-19/h4-7,11,19H,2-3H2,1H3,(H2,15,17)(H,16,18). The van der Waals surface area contributed by atoms with E-state index in [-0.39, 0.29) is 23.1 Å². The number of rotatable bonds is 5. The fourth-order valence-corrected chi connectivity index (χ4v) is 1.96. The molecule has 1 aliphatic carbocycles. The minimum Gasteiger partial charge on any atom is -0.494 e. The van der Waals surface area contributed by atoms with E-state index in [9.17, 15) is 9.18 Å². The summed E-state index contributed by atoms with van der Waals surface area (Å²) < 4.78 is 18.3. The smallest absolute Gasteiger partial charge is 0.251 e. The number of nitrogens with one attached hydrogen (secondary N) is 1. The molecule has 1 fully saturated rings. The van der Waals surface area contributed by atoms with E-state index in [2.05, 4.69) is 10.5 Å². The number of carbonyl (C=O) groups excluding carboxylic acids is 1. The number of hydrogen-bond donors (Lipinski definition) is 3. The number of hydrogen-bond acceptors (Lipinski definition) is 4. The molecule has 2 rings (SSSR count). The van der Waals surface area contributed by atoms with Gasteiger partial charge in [0, 0.05) is 5.56 Å². The first-order valence-corrected chi connectivity index (χ1v) is 6.18. The van der Waals surface area contributed by atoms with Gasteiger partial charge in [0.2, 0.25) is 0 Å². The molecule has 1 aromatic rings. The van der Waals surface area contributed by atoms with E-state index in [1.807, 2.05) is 0 Å². The van der Waals surface area contributed by atoms with Gasteiger partial charge in [0.05, 0.1) is 13.2 Å². The van der Waals surface area contributed by atoms with Crippen molar-refractivity contribution in [2.24, 2.45) is 16.8 Å². The number of benzene rings is 1. The Balaban J connectivity index is 2.12. The second-order valence-electron chi connectivity index (χ2n) is 4.66. The number of nitrogens with zero attached hydrogens (tertiary/aromatic N) is 1. The Hall–Kier alpha value is -2.31. The molecule has 6 nitrogen and oxygen atoms in total. The molecule has 1 atom stereocenters. The summed E-state index contributed by atoms with van der Waals surface area (Å²) in [5.41, 5.74) is 5.70. The van der Waals surface area contributed by atoms with Gasteiger partial charge in [-0.25, -0.2) is 4.39 Å². The van der Waals surface area contributed by atoms with Crippen LogP contribution in [0.3, 0.4) is 0 Å². The van der Waals surface area contributed by atoms with Gasteiger partial charge in [-0.1, -0.05) is 5.16 Å². The van der Waals surface area contributed by atoms with Crippen molar-refractivity contribution in [1.82, 2.24) is 5.32 Å². The lowest BCUT2D eigenvalue weighted by Crippen LogP contribution is -2.46. The fourth-order valence-electron chi connectivity index (χ4n) is 1.96. The maximum atomic E-state index is 13.6. The third-order valence-electron chi connectivity index (χ3n) is 3.23. The summed E-state index contributed by atoms with van der Waals surface area (Å²) >= 11 is 0. The maximum Gasteiger partial charge on any atom is 0.251 e. The van der Waals surface area contributed by atoms with Gasteiger partial charge >= 0.3 is 0 Å². The predicted octanol–water partition coefficient (Wildman–Crippen LogP) is 1.09. The van der Waals surface area contributed by atoms with Crippen molar-refractivity contribution in [2.45, 2.75) is 18.9 Å². The van der Waals surface area contributed by atoms with Crippen LogP contribution in [0, 0.1) is 11.7 Å². The first kappa shape index (κ1) is 14.1. The van der Waals surface area contributed by atoms with Crippen LogP contribution in [0.2, 0.25) is 0 Å². The molecule has 1 aliphatic rings. The molecular weight excluding hydrogens is 265 g/mol. The third-order valence-corrected chi connectivity index (χ3v) is 3.23. The molecule has 7 heteroatoms. The van der Waals surface area contributed by atoms with E-state index >= 15 is 0 Å². The van der Waals surface area contributed by atoms with Crippen molar-refractivity contribution in [3.05, 3.63) is 29.6 Å². The number of methoxy groups -OCH3 is 1. The van der Waals surface area contributed by atoms with E-state index in [1.165, 1.54) is 19.2 Å². The zero-order valence-electron chi connectivity index (χ0n) is 11.0. The van der Waals surface area contributed by atoms with Gasteiger partial charge in [-0.05, 0) is 37.0 Å². The highest BCUT2D eigenvalue weighted by Crippen LogP contribution is 2.33. The Bertz CT molecular complexity index is 544. The van der Waals surface area contributed by atoms with Crippen molar-refractivity contribution in [1.29, 1.82) is 0 Å². The third kappa shape index (κ3) is 2.98. The van der Waals surface area contributed by atoms with E-state index in [0.29, 0.717) is 0 Å². The molecule has 1 unspecified atom stereocenters. The highest BCUT2D eigenvalue weighted by atomic mass is 19.1. The Labute approximate surface area is 115 Å². The molecule has 4 N–H and O–H groups in total. The molecule has 0 aromatic heterocycles. The van der Waals surface area contributed by atoms with Crippen LogP contribution in [0.25, 0.3) is 0 Å². The van der Waals surface area contributed by atoms with Gasteiger partial charge in [-0.3, -0.25) is 4.79 Å². The van der Waals surface area contributed by atoms with Crippen LogP contribution in [-0.2, 0) is 0 Å². The van der Waals surface area contributed by atoms with Crippen LogP contribution in [0.1, 0.15) is 23.2 Å². The average Bonchev–Trinajstić information content (AvgIpc) is 3.28. The summed E-state index contributed by atoms with van der Waals surface area (Å²) in [6.45, 7) is 0. The lowest BCUT2D eigenvalue weighted by molar-refractivity contribution is 0.0942. The van der Waals surface area contributed by atoms with Crippen molar-refractivity contribution in [3.63, 3.8) is 0 Å². The summed E-state index contributed by atoms with van der Waals surface area (Å²) in [4.78, 5) is 12.0. The second-order valence-corrected chi connectivity index (χ2v) is 4.66. The van der Waals surface area contributed by atoms with Gasteiger partial charge in [0.15, 0.2) is 17.4 Å². The topological polar surface area (TPSA) is 96.9 Å². The Morgan fingerprint density at radius 3 is 2.80 bits per heavy atom. The van der Waals surface area contributed by atoms with Crippen molar-refractivity contribution < 1.29 is 19.1 Å². The molecule has 0 aliphatic heterocycles. The van der Waals surface area contributed by atoms with Gasteiger partial charge in [-0.15, -0.1) is 0 Å². The number of oxime groups is 1. The van der Waals surface area contributed by atoms with Crippen LogP contribution in [0.4, 0.5) is 4.39 Å². The molecule has 1 aromatic carbocycles. The van der Waals surface area contributed by atoms with E-state index in [0.717, 1.165) is 18.9 Å². The second kappa shape index (κ2) is 5.77. The molecule has 0 radical (unpaired) electrons. The van der Waals surface area contributed by atoms with E-state index < -0.39 is 17.8 Å². The normalized spacial score (nSPS) is 16.6. The Kier molecular flexibility index (Phi) is 4.07. The number of carbonyl (C=O) groups is 1. The largest absolute Gasteiger partial charge is 0.494 e. The predicted molar refractivity (Wildman–Crippen MR) is 70.3 cm³/mol. The molecule has 20 heavy (non-hydrogen) atoms. The Morgan fingerprint density at radius 1 is 1.60 bits per heavy atom. The highest BCUT2D eigenvalue weighted by molar-refractivity contribution is 5.98. The Morgan fingerprint density at radius 2 is 2.30 bits per heavy atom. The van der Waals surface area contributed by atoms with Gasteiger partial charge in [0.1, 0.15) is 0 Å². The lowest BCUT2D eigenvalue weighted by Gasteiger charge is -2.16. The molecule has 1 saturated carbocycles. The van der Waals surface area contributed by atoms with Crippen molar-refractivity contribution in [2.75, 3.05) is 7.11 Å². The van der Waals surface area contributed by atoms with Crippen LogP contribution in [0.15, 0.2) is 23.4 Å². The summed E-state index contributed by atoms with van der Waals surface area (Å²) in [5, 5.41) is 14.3. The zero-order chi connectivity index (χ0) is 14.7. The molecule has 0 saturated heterocycles. The summed E-state index contributed by atoms with van der Waals surface area (Å²) in [5.74, 6) is -0.911. The van der Waals surface area contributed by atoms with Gasteiger partial charge < -0.3 is 21.0 Å². The minimum atomic E-state index is -0.619. The summed E-state index contributed by atoms with van der Waals surface area (Å²) in [6, 6.07) is 3.38. The number of amides is 1. The van der Waals surface area contributed by atoms with Crippen LogP contribution in [0.5, 0.6) is 5.75 Å². The average molecular weight is 281 g/mol. The highest BCUT2D eigenvalue weighted by Gasteiger charge is 2.35. The number of ether oxygens (including phenoxy) is 1. The molecule has 0 bridgehead atoms. The number of halogens is 1. The molecule has 1 amide bonds. The fraction of sp³-hybridized carbons (Fsp3) is 0.385. The molecular formula is C13H16FN3O3. The zero-order valence-corrected chi connectivity index (χ0v) is 11.0. The van der Waals surface area contributed by atoms with Gasteiger partial charge in [0.25, 0.3) is 5.91 Å². The minimum absolute atomic E-state index is 0.0465. The monoisotopic (exact) mass is 281 g/mol. The van der Waals surface area contributed by atoms with Gasteiger partial charge in [-0.2, -0.15) is 0 Å². The lowest BCUT2D eigenvalue weighted by atomic mass is 10.1. The molecule has 108 valence electrons. The maximum absolute atomic E-state index is 13.6. The van der Waals surface area contributed by atoms with Crippen molar-refractivity contribution in [3.8, 4) is 5.75 Å². The number of nitrogens with two attached hydrogens (primary N) is 1. The first-order chi connectivity index (χ1) is 9.56.